The number of hydrogen-bond acceptors (Lipinski definition) is 4. The van der Waals surface area contributed by atoms with Crippen LogP contribution in [0.4, 0.5) is 0 Å². The molecule has 0 saturated carbocycles. The van der Waals surface area contributed by atoms with Crippen LogP contribution >= 0.6 is 11.8 Å². The van der Waals surface area contributed by atoms with Crippen LogP contribution in [-0.4, -0.2) is 69.2 Å². The van der Waals surface area contributed by atoms with Gasteiger partial charge in [-0.25, -0.2) is 4.68 Å². The molecule has 3 heterocycles. The summed E-state index contributed by atoms with van der Waals surface area (Å²) >= 11 is 2.07. The highest BCUT2D eigenvalue weighted by Crippen LogP contribution is 2.23. The monoisotopic (exact) mass is 356 g/mol. The molecule has 0 atom stereocenters. The minimum Gasteiger partial charge on any atom is -0.336 e. The largest absolute Gasteiger partial charge is 0.336 e. The van der Waals surface area contributed by atoms with E-state index >= 15 is 0 Å². The van der Waals surface area contributed by atoms with Crippen LogP contribution in [0.5, 0.6) is 0 Å². The lowest BCUT2D eigenvalue weighted by molar-refractivity contribution is 0.0559. The van der Waals surface area contributed by atoms with Gasteiger partial charge in [0.25, 0.3) is 5.91 Å². The lowest BCUT2D eigenvalue weighted by Crippen LogP contribution is -2.52. The summed E-state index contributed by atoms with van der Waals surface area (Å²) in [6.45, 7) is 3.61. The Morgan fingerprint density at radius 2 is 1.80 bits per heavy atom. The Morgan fingerprint density at radius 1 is 1.04 bits per heavy atom. The van der Waals surface area contributed by atoms with Crippen molar-refractivity contribution in [2.45, 2.75) is 18.9 Å². The van der Waals surface area contributed by atoms with E-state index in [2.05, 4.69) is 21.8 Å². The molecule has 2 saturated heterocycles. The van der Waals surface area contributed by atoms with E-state index in [-0.39, 0.29) is 5.91 Å². The van der Waals surface area contributed by atoms with Crippen LogP contribution in [0.2, 0.25) is 0 Å². The van der Waals surface area contributed by atoms with Gasteiger partial charge >= 0.3 is 0 Å². The zero-order valence-corrected chi connectivity index (χ0v) is 15.2. The van der Waals surface area contributed by atoms with Gasteiger partial charge in [-0.15, -0.1) is 0 Å². The van der Waals surface area contributed by atoms with E-state index < -0.39 is 0 Å². The number of thioether (sulfide) groups is 1. The molecule has 0 bridgehead atoms. The molecule has 2 fully saturated rings. The third-order valence-electron chi connectivity index (χ3n) is 5.19. The smallest absolute Gasteiger partial charge is 0.256 e. The van der Waals surface area contributed by atoms with Crippen LogP contribution in [0.25, 0.3) is 5.69 Å². The van der Waals surface area contributed by atoms with Crippen LogP contribution in [0.1, 0.15) is 23.2 Å². The molecular formula is C19H24N4OS. The van der Waals surface area contributed by atoms with Crippen molar-refractivity contribution in [3.05, 3.63) is 48.3 Å². The summed E-state index contributed by atoms with van der Waals surface area (Å²) in [6.07, 6.45) is 6.20. The predicted molar refractivity (Wildman–Crippen MR) is 101 cm³/mol. The molecule has 2 aromatic rings. The summed E-state index contributed by atoms with van der Waals surface area (Å²) in [4.78, 5) is 17.6. The van der Waals surface area contributed by atoms with E-state index in [4.69, 9.17) is 0 Å². The maximum absolute atomic E-state index is 13.1. The average molecular weight is 356 g/mol. The molecule has 0 spiro atoms. The predicted octanol–water partition coefficient (Wildman–Crippen LogP) is 2.53. The number of carbonyl (C=O) groups is 1. The Hall–Kier alpha value is -1.79. The van der Waals surface area contributed by atoms with Crippen LogP contribution in [-0.2, 0) is 0 Å². The molecule has 0 radical (unpaired) electrons. The van der Waals surface area contributed by atoms with E-state index in [1.54, 1.807) is 10.9 Å². The van der Waals surface area contributed by atoms with Gasteiger partial charge in [-0.1, -0.05) is 12.1 Å². The standard InChI is InChI=1S/C19H24N4OS/c24-19(17-4-1-2-5-18(17)23-9-3-8-20-23)22-12-10-21(11-13-22)16-6-14-25-15-7-16/h1-5,8-9,16H,6-7,10-15H2. The van der Waals surface area contributed by atoms with Crippen LogP contribution in [0.15, 0.2) is 42.7 Å². The molecule has 1 aromatic heterocycles. The summed E-state index contributed by atoms with van der Waals surface area (Å²) in [7, 11) is 0. The minimum atomic E-state index is 0.116. The molecule has 0 unspecified atom stereocenters. The number of amides is 1. The van der Waals surface area contributed by atoms with E-state index in [1.807, 2.05) is 41.4 Å². The second-order valence-corrected chi connectivity index (χ2v) is 7.86. The fourth-order valence-corrected chi connectivity index (χ4v) is 4.86. The highest BCUT2D eigenvalue weighted by Gasteiger charge is 2.28. The first-order valence-electron chi connectivity index (χ1n) is 9.03. The molecule has 0 aliphatic carbocycles. The summed E-state index contributed by atoms with van der Waals surface area (Å²) in [5.41, 5.74) is 1.58. The Morgan fingerprint density at radius 3 is 2.52 bits per heavy atom. The first-order valence-corrected chi connectivity index (χ1v) is 10.2. The maximum atomic E-state index is 13.1. The van der Waals surface area contributed by atoms with E-state index in [1.165, 1.54) is 24.3 Å². The third kappa shape index (κ3) is 3.60. The van der Waals surface area contributed by atoms with Crippen LogP contribution in [0.3, 0.4) is 0 Å². The minimum absolute atomic E-state index is 0.116. The second kappa shape index (κ2) is 7.62. The Bertz CT molecular complexity index is 704. The maximum Gasteiger partial charge on any atom is 0.256 e. The lowest BCUT2D eigenvalue weighted by Gasteiger charge is -2.40. The normalized spacial score (nSPS) is 19.9. The van der Waals surface area contributed by atoms with Gasteiger partial charge in [0.2, 0.25) is 0 Å². The molecule has 4 rings (SSSR count). The molecule has 2 aliphatic rings. The highest BCUT2D eigenvalue weighted by molar-refractivity contribution is 7.99. The topological polar surface area (TPSA) is 41.4 Å². The number of piperazine rings is 1. The summed E-state index contributed by atoms with van der Waals surface area (Å²) in [5.74, 6) is 2.67. The summed E-state index contributed by atoms with van der Waals surface area (Å²) in [5, 5.41) is 4.28. The van der Waals surface area contributed by atoms with Gasteiger partial charge in [-0.2, -0.15) is 16.9 Å². The van der Waals surface area contributed by atoms with Gasteiger partial charge in [-0.05, 0) is 42.5 Å². The van der Waals surface area contributed by atoms with E-state index in [0.29, 0.717) is 0 Å². The molecular weight excluding hydrogens is 332 g/mol. The summed E-state index contributed by atoms with van der Waals surface area (Å²) < 4.78 is 1.77. The molecule has 0 N–H and O–H groups in total. The molecule has 2 aliphatic heterocycles. The molecule has 6 heteroatoms. The molecule has 25 heavy (non-hydrogen) atoms. The van der Waals surface area contributed by atoms with Gasteiger partial charge < -0.3 is 4.90 Å². The van der Waals surface area contributed by atoms with Gasteiger partial charge in [0.1, 0.15) is 0 Å². The number of nitrogens with zero attached hydrogens (tertiary/aromatic N) is 4. The third-order valence-corrected chi connectivity index (χ3v) is 6.24. The fourth-order valence-electron chi connectivity index (χ4n) is 3.78. The first kappa shape index (κ1) is 16.7. The number of carbonyl (C=O) groups excluding carboxylic acids is 1. The Labute approximate surface area is 153 Å². The van der Waals surface area contributed by atoms with E-state index in [9.17, 15) is 4.79 Å². The highest BCUT2D eigenvalue weighted by atomic mass is 32.2. The van der Waals surface area contributed by atoms with Gasteiger partial charge in [0.05, 0.1) is 11.3 Å². The van der Waals surface area contributed by atoms with Gasteiger partial charge in [0, 0.05) is 44.6 Å². The number of benzene rings is 1. The van der Waals surface area contributed by atoms with Crippen LogP contribution in [0, 0.1) is 0 Å². The molecule has 132 valence electrons. The van der Waals surface area contributed by atoms with Crippen molar-refractivity contribution in [3.8, 4) is 5.69 Å². The van der Waals surface area contributed by atoms with Crippen molar-refractivity contribution in [1.82, 2.24) is 19.6 Å². The average Bonchev–Trinajstić information content (AvgIpc) is 3.23. The quantitative estimate of drug-likeness (QED) is 0.847. The molecule has 5 nitrogen and oxygen atoms in total. The van der Waals surface area contributed by atoms with Gasteiger partial charge in [0.15, 0.2) is 0 Å². The van der Waals surface area contributed by atoms with Crippen LogP contribution < -0.4 is 0 Å². The number of rotatable bonds is 3. The SMILES string of the molecule is O=C(c1ccccc1-n1cccn1)N1CCN(C2CCSCC2)CC1. The number of para-hydroxylation sites is 1. The fraction of sp³-hybridized carbons (Fsp3) is 0.474. The number of aromatic nitrogens is 2. The zero-order valence-electron chi connectivity index (χ0n) is 14.4. The first-order chi connectivity index (χ1) is 12.3. The van der Waals surface area contributed by atoms with Crippen molar-refractivity contribution >= 4 is 17.7 Å². The lowest BCUT2D eigenvalue weighted by atomic mass is 10.1. The summed E-state index contributed by atoms with van der Waals surface area (Å²) in [6, 6.07) is 10.3. The van der Waals surface area contributed by atoms with Crippen molar-refractivity contribution in [2.75, 3.05) is 37.7 Å². The van der Waals surface area contributed by atoms with Crippen molar-refractivity contribution in [3.63, 3.8) is 0 Å². The van der Waals surface area contributed by atoms with E-state index in [0.717, 1.165) is 43.5 Å². The number of hydrogen-bond donors (Lipinski definition) is 0. The van der Waals surface area contributed by atoms with Crippen molar-refractivity contribution in [1.29, 1.82) is 0 Å². The molecule has 1 aromatic carbocycles. The molecule has 1 amide bonds. The van der Waals surface area contributed by atoms with Crippen molar-refractivity contribution in [2.24, 2.45) is 0 Å². The van der Waals surface area contributed by atoms with Crippen molar-refractivity contribution < 1.29 is 4.79 Å². The van der Waals surface area contributed by atoms with Gasteiger partial charge in [-0.3, -0.25) is 9.69 Å². The zero-order chi connectivity index (χ0) is 17.1. The Balaban J connectivity index is 1.44. The second-order valence-electron chi connectivity index (χ2n) is 6.64. The Kier molecular flexibility index (Phi) is 5.08.